The van der Waals surface area contributed by atoms with Gasteiger partial charge in [-0.1, -0.05) is 40.7 Å². The fourth-order valence-corrected chi connectivity index (χ4v) is 2.22. The van der Waals surface area contributed by atoms with Gasteiger partial charge in [0.1, 0.15) is 5.82 Å². The van der Waals surface area contributed by atoms with Crippen LogP contribution in [-0.2, 0) is 5.41 Å². The number of benzene rings is 1. The third-order valence-corrected chi connectivity index (χ3v) is 2.85. The maximum absolute atomic E-state index is 13.7. The standard InChI is InChI=1S/C14H21F/c1-9(2)13-10(3)11(14(4,5)6)7-8-12(13)15/h7-9H,1-6H3. The number of hydrogen-bond acceptors (Lipinski definition) is 0. The van der Waals surface area contributed by atoms with Gasteiger partial charge in [-0.05, 0) is 41.0 Å². The Morgan fingerprint density at radius 1 is 1.13 bits per heavy atom. The van der Waals surface area contributed by atoms with E-state index in [1.165, 1.54) is 5.56 Å². The SMILES string of the molecule is Cc1c(C(C)(C)C)ccc(F)c1C(C)C. The van der Waals surface area contributed by atoms with Crippen LogP contribution in [0.25, 0.3) is 0 Å². The lowest BCUT2D eigenvalue weighted by molar-refractivity contribution is 0.564. The Balaban J connectivity index is 3.42. The molecule has 0 aromatic heterocycles. The molecule has 0 heterocycles. The highest BCUT2D eigenvalue weighted by Gasteiger charge is 2.20. The molecule has 0 amide bonds. The highest BCUT2D eigenvalue weighted by molar-refractivity contribution is 5.40. The van der Waals surface area contributed by atoms with Crippen molar-refractivity contribution in [2.24, 2.45) is 0 Å². The molecule has 0 atom stereocenters. The molecule has 0 nitrogen and oxygen atoms in total. The summed E-state index contributed by atoms with van der Waals surface area (Å²) in [4.78, 5) is 0. The lowest BCUT2D eigenvalue weighted by Crippen LogP contribution is -2.15. The van der Waals surface area contributed by atoms with Crippen molar-refractivity contribution >= 4 is 0 Å². The van der Waals surface area contributed by atoms with Gasteiger partial charge in [0.2, 0.25) is 0 Å². The van der Waals surface area contributed by atoms with Crippen LogP contribution in [-0.4, -0.2) is 0 Å². The van der Waals surface area contributed by atoms with Gasteiger partial charge in [-0.25, -0.2) is 4.39 Å². The first kappa shape index (κ1) is 12.2. The van der Waals surface area contributed by atoms with Crippen LogP contribution in [0.4, 0.5) is 4.39 Å². The van der Waals surface area contributed by atoms with Crippen molar-refractivity contribution < 1.29 is 4.39 Å². The second-order valence-corrected chi connectivity index (χ2v) is 5.54. The van der Waals surface area contributed by atoms with Crippen molar-refractivity contribution in [3.63, 3.8) is 0 Å². The predicted molar refractivity (Wildman–Crippen MR) is 63.9 cm³/mol. The first-order valence-corrected chi connectivity index (χ1v) is 5.54. The zero-order valence-corrected chi connectivity index (χ0v) is 10.6. The van der Waals surface area contributed by atoms with Gasteiger partial charge in [0.25, 0.3) is 0 Å². The Hall–Kier alpha value is -0.850. The zero-order valence-electron chi connectivity index (χ0n) is 10.6. The monoisotopic (exact) mass is 208 g/mol. The first-order valence-electron chi connectivity index (χ1n) is 5.54. The molecule has 0 radical (unpaired) electrons. The summed E-state index contributed by atoms with van der Waals surface area (Å²) in [6.45, 7) is 12.6. The average Bonchev–Trinajstić information content (AvgIpc) is 2.00. The molecule has 0 spiro atoms. The summed E-state index contributed by atoms with van der Waals surface area (Å²) >= 11 is 0. The second kappa shape index (κ2) is 3.96. The van der Waals surface area contributed by atoms with E-state index < -0.39 is 0 Å². The lowest BCUT2D eigenvalue weighted by atomic mass is 9.81. The Kier molecular flexibility index (Phi) is 3.22. The smallest absolute Gasteiger partial charge is 0.126 e. The van der Waals surface area contributed by atoms with Crippen LogP contribution in [0.5, 0.6) is 0 Å². The lowest BCUT2D eigenvalue weighted by Gasteiger charge is -2.24. The molecule has 0 aliphatic carbocycles. The first-order chi connectivity index (χ1) is 6.75. The molecule has 1 aromatic rings. The van der Waals surface area contributed by atoms with Crippen molar-refractivity contribution in [1.82, 2.24) is 0 Å². The number of rotatable bonds is 1. The van der Waals surface area contributed by atoms with E-state index in [9.17, 15) is 4.39 Å². The van der Waals surface area contributed by atoms with Crippen molar-refractivity contribution in [2.45, 2.75) is 52.9 Å². The molecule has 0 bridgehead atoms. The molecule has 15 heavy (non-hydrogen) atoms. The van der Waals surface area contributed by atoms with Gasteiger partial charge >= 0.3 is 0 Å². The Morgan fingerprint density at radius 3 is 2.07 bits per heavy atom. The quantitative estimate of drug-likeness (QED) is 0.635. The van der Waals surface area contributed by atoms with Crippen molar-refractivity contribution in [3.8, 4) is 0 Å². The maximum atomic E-state index is 13.7. The molecule has 0 aliphatic heterocycles. The summed E-state index contributed by atoms with van der Waals surface area (Å²) in [6.07, 6.45) is 0. The van der Waals surface area contributed by atoms with Crippen LogP contribution in [0.1, 0.15) is 57.2 Å². The Bertz CT molecular complexity index is 356. The molecule has 0 unspecified atom stereocenters. The molecule has 1 heteroatoms. The van der Waals surface area contributed by atoms with Gasteiger partial charge in [0.15, 0.2) is 0 Å². The summed E-state index contributed by atoms with van der Waals surface area (Å²) in [6, 6.07) is 3.51. The Morgan fingerprint density at radius 2 is 1.67 bits per heavy atom. The van der Waals surface area contributed by atoms with Gasteiger partial charge in [-0.3, -0.25) is 0 Å². The molecule has 0 saturated heterocycles. The summed E-state index contributed by atoms with van der Waals surface area (Å²) in [5, 5.41) is 0. The summed E-state index contributed by atoms with van der Waals surface area (Å²) in [5.74, 6) is 0.169. The van der Waals surface area contributed by atoms with E-state index in [0.29, 0.717) is 0 Å². The van der Waals surface area contributed by atoms with E-state index in [1.54, 1.807) is 6.07 Å². The van der Waals surface area contributed by atoms with Crippen molar-refractivity contribution in [1.29, 1.82) is 0 Å². The summed E-state index contributed by atoms with van der Waals surface area (Å²) < 4.78 is 13.7. The summed E-state index contributed by atoms with van der Waals surface area (Å²) in [5.41, 5.74) is 3.30. The average molecular weight is 208 g/mol. The molecular formula is C14H21F. The topological polar surface area (TPSA) is 0 Å². The van der Waals surface area contributed by atoms with Gasteiger partial charge < -0.3 is 0 Å². The summed E-state index contributed by atoms with van der Waals surface area (Å²) in [7, 11) is 0. The highest BCUT2D eigenvalue weighted by atomic mass is 19.1. The van der Waals surface area contributed by atoms with Gasteiger partial charge in [0, 0.05) is 0 Å². The third kappa shape index (κ3) is 2.39. The van der Waals surface area contributed by atoms with Crippen LogP contribution in [0.3, 0.4) is 0 Å². The van der Waals surface area contributed by atoms with Crippen molar-refractivity contribution in [3.05, 3.63) is 34.6 Å². The number of hydrogen-bond donors (Lipinski definition) is 0. The Labute approximate surface area is 92.5 Å². The molecule has 0 aliphatic rings. The van der Waals surface area contributed by atoms with Crippen LogP contribution in [0.15, 0.2) is 12.1 Å². The van der Waals surface area contributed by atoms with Crippen LogP contribution >= 0.6 is 0 Å². The molecule has 84 valence electrons. The molecule has 0 N–H and O–H groups in total. The minimum Gasteiger partial charge on any atom is -0.207 e. The van der Waals surface area contributed by atoms with E-state index in [2.05, 4.69) is 20.8 Å². The minimum absolute atomic E-state index is 0.0736. The highest BCUT2D eigenvalue weighted by Crippen LogP contribution is 2.32. The van der Waals surface area contributed by atoms with E-state index >= 15 is 0 Å². The zero-order chi connectivity index (χ0) is 11.8. The van der Waals surface area contributed by atoms with Gasteiger partial charge in [0.05, 0.1) is 0 Å². The fraction of sp³-hybridized carbons (Fsp3) is 0.571. The maximum Gasteiger partial charge on any atom is 0.126 e. The molecule has 1 aromatic carbocycles. The minimum atomic E-state index is -0.0736. The van der Waals surface area contributed by atoms with E-state index in [-0.39, 0.29) is 17.2 Å². The number of halogens is 1. The van der Waals surface area contributed by atoms with E-state index in [1.807, 2.05) is 26.8 Å². The van der Waals surface area contributed by atoms with Crippen LogP contribution in [0.2, 0.25) is 0 Å². The molecule has 0 saturated carbocycles. The van der Waals surface area contributed by atoms with E-state index in [0.717, 1.165) is 11.1 Å². The second-order valence-electron chi connectivity index (χ2n) is 5.54. The molecule has 1 rings (SSSR count). The largest absolute Gasteiger partial charge is 0.207 e. The van der Waals surface area contributed by atoms with E-state index in [4.69, 9.17) is 0 Å². The van der Waals surface area contributed by atoms with Crippen molar-refractivity contribution in [2.75, 3.05) is 0 Å². The third-order valence-electron chi connectivity index (χ3n) is 2.85. The van der Waals surface area contributed by atoms with Gasteiger partial charge in [-0.15, -0.1) is 0 Å². The molecular weight excluding hydrogens is 187 g/mol. The van der Waals surface area contributed by atoms with Crippen LogP contribution < -0.4 is 0 Å². The molecule has 0 fully saturated rings. The normalized spacial score (nSPS) is 12.3. The van der Waals surface area contributed by atoms with Gasteiger partial charge in [-0.2, -0.15) is 0 Å². The van der Waals surface area contributed by atoms with Crippen LogP contribution in [0, 0.1) is 12.7 Å². The predicted octanol–water partition coefficient (Wildman–Crippen LogP) is 4.56. The fourth-order valence-electron chi connectivity index (χ4n) is 2.22.